The lowest BCUT2D eigenvalue weighted by Gasteiger charge is -2.37. The van der Waals surface area contributed by atoms with Crippen molar-refractivity contribution in [1.29, 1.82) is 0 Å². The van der Waals surface area contributed by atoms with E-state index in [1.165, 1.54) is 0 Å². The zero-order chi connectivity index (χ0) is 14.7. The quantitative estimate of drug-likeness (QED) is 0.682. The van der Waals surface area contributed by atoms with Gasteiger partial charge in [0, 0.05) is 18.0 Å². The summed E-state index contributed by atoms with van der Waals surface area (Å²) >= 11 is 0. The van der Waals surface area contributed by atoms with Gasteiger partial charge in [-0.15, -0.1) is 0 Å². The molecule has 0 aromatic heterocycles. The maximum absolute atomic E-state index is 6.45. The maximum atomic E-state index is 6.45. The van der Waals surface area contributed by atoms with Crippen molar-refractivity contribution in [2.45, 2.75) is 85.3 Å². The highest BCUT2D eigenvalue weighted by Gasteiger charge is 2.41. The average Bonchev–Trinajstić information content (AvgIpc) is 2.55. The standard InChI is InChI=1S/C15H32NO2P/c1-9-14-15(12(6)13(7)17-14)18-19(8)16(10(2)3)11(4)5/h10-15H,9H2,1-8H3. The second-order valence-corrected chi connectivity index (χ2v) is 7.85. The van der Waals surface area contributed by atoms with Crippen molar-refractivity contribution in [3.8, 4) is 0 Å². The fourth-order valence-electron chi connectivity index (χ4n) is 3.05. The van der Waals surface area contributed by atoms with Crippen LogP contribution in [0.25, 0.3) is 0 Å². The highest BCUT2D eigenvalue weighted by molar-refractivity contribution is 7.49. The van der Waals surface area contributed by atoms with Crippen LogP contribution in [0.1, 0.15) is 54.9 Å². The molecule has 1 fully saturated rings. The van der Waals surface area contributed by atoms with Gasteiger partial charge in [-0.1, -0.05) is 13.8 Å². The smallest absolute Gasteiger partial charge is 0.102 e. The van der Waals surface area contributed by atoms with Gasteiger partial charge in [0.1, 0.15) is 8.30 Å². The molecule has 1 aliphatic rings. The Hall–Kier alpha value is 0.310. The van der Waals surface area contributed by atoms with Gasteiger partial charge < -0.3 is 9.26 Å². The molecule has 0 aromatic carbocycles. The minimum absolute atomic E-state index is 0.246. The summed E-state index contributed by atoms with van der Waals surface area (Å²) in [6.07, 6.45) is 1.85. The Balaban J connectivity index is 2.71. The normalized spacial score (nSPS) is 33.6. The minimum Gasteiger partial charge on any atom is -0.372 e. The van der Waals surface area contributed by atoms with Gasteiger partial charge in [0.15, 0.2) is 0 Å². The molecule has 0 N–H and O–H groups in total. The van der Waals surface area contributed by atoms with Crippen molar-refractivity contribution in [3.63, 3.8) is 0 Å². The van der Waals surface area contributed by atoms with Gasteiger partial charge in [-0.2, -0.15) is 0 Å². The van der Waals surface area contributed by atoms with Gasteiger partial charge in [0.05, 0.1) is 18.3 Å². The van der Waals surface area contributed by atoms with Gasteiger partial charge in [-0.05, 0) is 47.7 Å². The van der Waals surface area contributed by atoms with Gasteiger partial charge in [-0.25, -0.2) is 0 Å². The molecule has 1 aliphatic heterocycles. The molecule has 5 unspecified atom stereocenters. The second-order valence-electron chi connectivity index (χ2n) is 6.25. The van der Waals surface area contributed by atoms with Gasteiger partial charge >= 0.3 is 0 Å². The van der Waals surface area contributed by atoms with Crippen molar-refractivity contribution in [1.82, 2.24) is 4.67 Å². The second kappa shape index (κ2) is 7.36. The molecular formula is C15H32NO2P. The molecule has 0 saturated carbocycles. The highest BCUT2D eigenvalue weighted by atomic mass is 31.2. The van der Waals surface area contributed by atoms with E-state index in [1.807, 2.05) is 0 Å². The summed E-state index contributed by atoms with van der Waals surface area (Å²) < 4.78 is 14.9. The average molecular weight is 289 g/mol. The van der Waals surface area contributed by atoms with Crippen molar-refractivity contribution >= 4 is 8.30 Å². The lowest BCUT2D eigenvalue weighted by molar-refractivity contribution is 0.0218. The summed E-state index contributed by atoms with van der Waals surface area (Å²) in [6.45, 7) is 17.8. The summed E-state index contributed by atoms with van der Waals surface area (Å²) in [6, 6.07) is 1.04. The van der Waals surface area contributed by atoms with Gasteiger partial charge in [0.2, 0.25) is 0 Å². The summed E-state index contributed by atoms with van der Waals surface area (Å²) in [4.78, 5) is 0. The van der Waals surface area contributed by atoms with E-state index >= 15 is 0 Å². The zero-order valence-corrected chi connectivity index (χ0v) is 14.8. The van der Waals surface area contributed by atoms with Crippen molar-refractivity contribution in [2.75, 3.05) is 6.66 Å². The van der Waals surface area contributed by atoms with E-state index in [0.717, 1.165) is 6.42 Å². The van der Waals surface area contributed by atoms with Crippen molar-refractivity contribution in [2.24, 2.45) is 5.92 Å². The fourth-order valence-corrected chi connectivity index (χ4v) is 5.14. The Morgan fingerprint density at radius 3 is 2.11 bits per heavy atom. The maximum Gasteiger partial charge on any atom is 0.102 e. The molecule has 3 nitrogen and oxygen atoms in total. The van der Waals surface area contributed by atoms with Crippen LogP contribution >= 0.6 is 8.30 Å². The first-order valence-electron chi connectivity index (χ1n) is 7.63. The molecule has 0 bridgehead atoms. The van der Waals surface area contributed by atoms with E-state index in [9.17, 15) is 0 Å². The van der Waals surface area contributed by atoms with Crippen LogP contribution in [0.5, 0.6) is 0 Å². The number of nitrogens with zero attached hydrogens (tertiary/aromatic N) is 1. The number of hydrogen-bond acceptors (Lipinski definition) is 3. The fraction of sp³-hybridized carbons (Fsp3) is 1.00. The third kappa shape index (κ3) is 4.14. The molecule has 0 radical (unpaired) electrons. The lowest BCUT2D eigenvalue weighted by Crippen LogP contribution is -2.36. The molecule has 0 amide bonds. The van der Waals surface area contributed by atoms with Crippen LogP contribution in [0.4, 0.5) is 0 Å². The molecule has 0 aromatic rings. The number of rotatable bonds is 6. The predicted octanol–water partition coefficient (Wildman–Crippen LogP) is 4.27. The Kier molecular flexibility index (Phi) is 6.72. The van der Waals surface area contributed by atoms with E-state index in [-0.39, 0.29) is 12.2 Å². The van der Waals surface area contributed by atoms with E-state index in [2.05, 4.69) is 59.8 Å². The van der Waals surface area contributed by atoms with Gasteiger partial charge in [0.25, 0.3) is 0 Å². The Morgan fingerprint density at radius 1 is 1.16 bits per heavy atom. The predicted molar refractivity (Wildman–Crippen MR) is 83.6 cm³/mol. The number of ether oxygens (including phenoxy) is 1. The third-order valence-electron chi connectivity index (χ3n) is 4.07. The first-order valence-corrected chi connectivity index (χ1v) is 9.29. The van der Waals surface area contributed by atoms with Crippen LogP contribution in [0, 0.1) is 5.92 Å². The van der Waals surface area contributed by atoms with Crippen LogP contribution in [-0.4, -0.2) is 41.7 Å². The van der Waals surface area contributed by atoms with E-state index in [1.54, 1.807) is 0 Å². The van der Waals surface area contributed by atoms with Crippen LogP contribution in [-0.2, 0) is 9.26 Å². The third-order valence-corrected chi connectivity index (χ3v) is 6.20. The molecule has 114 valence electrons. The van der Waals surface area contributed by atoms with E-state index in [4.69, 9.17) is 9.26 Å². The topological polar surface area (TPSA) is 21.7 Å². The molecule has 5 atom stereocenters. The Morgan fingerprint density at radius 2 is 1.68 bits per heavy atom. The molecule has 1 saturated heterocycles. The monoisotopic (exact) mass is 289 g/mol. The summed E-state index contributed by atoms with van der Waals surface area (Å²) in [5, 5.41) is 0. The summed E-state index contributed by atoms with van der Waals surface area (Å²) in [5.41, 5.74) is 0. The zero-order valence-electron chi connectivity index (χ0n) is 13.9. The van der Waals surface area contributed by atoms with Crippen LogP contribution in [0.15, 0.2) is 0 Å². The molecule has 0 spiro atoms. The lowest BCUT2D eigenvalue weighted by atomic mass is 9.98. The number of hydrogen-bond donors (Lipinski definition) is 0. The largest absolute Gasteiger partial charge is 0.372 e. The van der Waals surface area contributed by atoms with Crippen molar-refractivity contribution < 1.29 is 9.26 Å². The Bertz CT molecular complexity index is 265. The SMILES string of the molecule is CCC1OC(C)C(C)C1OP(C)N(C(C)C)C(C)C. The first kappa shape index (κ1) is 17.4. The van der Waals surface area contributed by atoms with Crippen molar-refractivity contribution in [3.05, 3.63) is 0 Å². The highest BCUT2D eigenvalue weighted by Crippen LogP contribution is 2.46. The molecular weight excluding hydrogens is 257 g/mol. The van der Waals surface area contributed by atoms with E-state index < -0.39 is 8.30 Å². The van der Waals surface area contributed by atoms with Crippen LogP contribution < -0.4 is 0 Å². The molecule has 1 rings (SSSR count). The molecule has 0 aliphatic carbocycles. The minimum atomic E-state index is -0.559. The molecule has 19 heavy (non-hydrogen) atoms. The Labute approximate surface area is 120 Å². The summed E-state index contributed by atoms with van der Waals surface area (Å²) in [5.74, 6) is 0.482. The van der Waals surface area contributed by atoms with Gasteiger partial charge in [-0.3, -0.25) is 4.67 Å². The van der Waals surface area contributed by atoms with E-state index in [0.29, 0.717) is 24.1 Å². The van der Waals surface area contributed by atoms with Crippen LogP contribution in [0.3, 0.4) is 0 Å². The van der Waals surface area contributed by atoms with Crippen LogP contribution in [0.2, 0.25) is 0 Å². The first-order chi connectivity index (χ1) is 8.79. The summed E-state index contributed by atoms with van der Waals surface area (Å²) in [7, 11) is -0.559. The molecule has 4 heteroatoms. The molecule has 1 heterocycles.